The minimum atomic E-state index is -0.566. The molecule has 4 heteroatoms. The molecule has 1 atom stereocenters. The number of benzene rings is 1. The Labute approximate surface area is 202 Å². The summed E-state index contributed by atoms with van der Waals surface area (Å²) >= 11 is 0. The van der Waals surface area contributed by atoms with Gasteiger partial charge in [0.2, 0.25) is 0 Å². The average Bonchev–Trinajstić information content (AvgIpc) is 2.80. The van der Waals surface area contributed by atoms with Crippen LogP contribution in [0.5, 0.6) is 0 Å². The number of hydrogen-bond acceptors (Lipinski definition) is 4. The lowest BCUT2D eigenvalue weighted by atomic mass is 9.96. The normalized spacial score (nSPS) is 12.5. The number of carbonyl (C=O) groups excluding carboxylic acids is 2. The van der Waals surface area contributed by atoms with Gasteiger partial charge in [-0.3, -0.25) is 4.79 Å². The van der Waals surface area contributed by atoms with E-state index < -0.39 is 5.97 Å². The highest BCUT2D eigenvalue weighted by Gasteiger charge is 2.17. The minimum Gasteiger partial charge on any atom is -0.462 e. The first kappa shape index (κ1) is 29.1. The van der Waals surface area contributed by atoms with Gasteiger partial charge in [-0.1, -0.05) is 102 Å². The summed E-state index contributed by atoms with van der Waals surface area (Å²) in [7, 11) is 1.77. The van der Waals surface area contributed by atoms with E-state index in [1.54, 1.807) is 20.1 Å². The molecule has 0 aliphatic carbocycles. The molecule has 0 N–H and O–H groups in total. The highest BCUT2D eigenvalue weighted by Crippen LogP contribution is 2.20. The first-order valence-electron chi connectivity index (χ1n) is 13.0. The van der Waals surface area contributed by atoms with Crippen molar-refractivity contribution in [3.8, 4) is 0 Å². The topological polar surface area (TPSA) is 52.6 Å². The molecule has 1 aromatic rings. The molecule has 0 radical (unpaired) electrons. The lowest BCUT2D eigenvalue weighted by Crippen LogP contribution is -2.16. The molecule has 0 amide bonds. The second-order valence-electron chi connectivity index (χ2n) is 8.92. The summed E-state index contributed by atoms with van der Waals surface area (Å²) in [5.74, 6) is -0.850. The van der Waals surface area contributed by atoms with Gasteiger partial charge in [-0.2, -0.15) is 0 Å². The van der Waals surface area contributed by atoms with E-state index >= 15 is 0 Å². The molecule has 33 heavy (non-hydrogen) atoms. The molecule has 0 aromatic heterocycles. The maximum absolute atomic E-state index is 12.2. The molecule has 0 bridgehead atoms. The highest BCUT2D eigenvalue weighted by molar-refractivity contribution is 6.19. The van der Waals surface area contributed by atoms with Crippen molar-refractivity contribution in [2.24, 2.45) is 0 Å². The molecule has 4 nitrogen and oxygen atoms in total. The van der Waals surface area contributed by atoms with Crippen LogP contribution in [-0.2, 0) is 25.5 Å². The van der Waals surface area contributed by atoms with E-state index in [4.69, 9.17) is 9.47 Å². The number of ketones is 1. The van der Waals surface area contributed by atoms with Gasteiger partial charge >= 0.3 is 5.97 Å². The molecule has 1 aromatic carbocycles. The zero-order valence-electron chi connectivity index (χ0n) is 21.5. The predicted molar refractivity (Wildman–Crippen MR) is 137 cm³/mol. The van der Waals surface area contributed by atoms with Crippen LogP contribution in [0.2, 0.25) is 0 Å². The van der Waals surface area contributed by atoms with Crippen molar-refractivity contribution in [1.29, 1.82) is 0 Å². The summed E-state index contributed by atoms with van der Waals surface area (Å²) in [5, 5.41) is 0. The quantitative estimate of drug-likeness (QED) is 0.0709. The fourth-order valence-corrected chi connectivity index (χ4v) is 4.11. The molecular formula is C29H46O4. The van der Waals surface area contributed by atoms with Crippen molar-refractivity contribution in [2.75, 3.05) is 13.7 Å². The van der Waals surface area contributed by atoms with Crippen LogP contribution in [0, 0.1) is 0 Å². The van der Waals surface area contributed by atoms with Crippen molar-refractivity contribution in [1.82, 2.24) is 0 Å². The van der Waals surface area contributed by atoms with Crippen LogP contribution >= 0.6 is 0 Å². The summed E-state index contributed by atoms with van der Waals surface area (Å²) in [4.78, 5) is 24.2. The van der Waals surface area contributed by atoms with Crippen molar-refractivity contribution in [2.45, 2.75) is 110 Å². The Morgan fingerprint density at radius 3 is 2.00 bits per heavy atom. The maximum Gasteiger partial charge on any atom is 0.341 e. The number of Topliss-reactive ketones (excluding diaryl/α,β-unsaturated/α-hetero) is 1. The minimum absolute atomic E-state index is 0.0867. The lowest BCUT2D eigenvalue weighted by Gasteiger charge is -2.17. The van der Waals surface area contributed by atoms with E-state index in [1.165, 1.54) is 71.1 Å². The number of methoxy groups -OCH3 is 1. The summed E-state index contributed by atoms with van der Waals surface area (Å²) in [5.41, 5.74) is 2.04. The zero-order chi connectivity index (χ0) is 24.3. The van der Waals surface area contributed by atoms with Crippen LogP contribution in [0.15, 0.2) is 29.8 Å². The molecule has 0 fully saturated rings. The van der Waals surface area contributed by atoms with Gasteiger partial charge in [0.1, 0.15) is 5.57 Å². The zero-order valence-corrected chi connectivity index (χ0v) is 21.5. The fourth-order valence-electron chi connectivity index (χ4n) is 4.11. The van der Waals surface area contributed by atoms with Gasteiger partial charge in [0.25, 0.3) is 0 Å². The predicted octanol–water partition coefficient (Wildman–Crippen LogP) is 7.48. The number of carbonyl (C=O) groups is 2. The van der Waals surface area contributed by atoms with Crippen LogP contribution in [0.4, 0.5) is 0 Å². The SMILES string of the molecule is CCCCCCCCCCCCCC(Cc1ccccc1C=C(C(C)=O)C(=O)OCC)OC. The first-order chi connectivity index (χ1) is 16.0. The summed E-state index contributed by atoms with van der Waals surface area (Å²) in [6.45, 7) is 5.65. The smallest absolute Gasteiger partial charge is 0.341 e. The van der Waals surface area contributed by atoms with Gasteiger partial charge in [0, 0.05) is 7.11 Å². The van der Waals surface area contributed by atoms with Crippen LogP contribution < -0.4 is 0 Å². The second kappa shape index (κ2) is 18.5. The molecule has 0 heterocycles. The van der Waals surface area contributed by atoms with E-state index in [0.29, 0.717) is 0 Å². The first-order valence-corrected chi connectivity index (χ1v) is 13.0. The Balaban J connectivity index is 2.49. The molecule has 0 saturated heterocycles. The number of rotatable bonds is 19. The Morgan fingerprint density at radius 2 is 1.45 bits per heavy atom. The molecule has 0 saturated carbocycles. The van der Waals surface area contributed by atoms with Crippen LogP contribution in [0.25, 0.3) is 6.08 Å². The van der Waals surface area contributed by atoms with Crippen LogP contribution in [0.1, 0.15) is 109 Å². The van der Waals surface area contributed by atoms with E-state index in [9.17, 15) is 9.59 Å². The lowest BCUT2D eigenvalue weighted by molar-refractivity contribution is -0.139. The number of unbranched alkanes of at least 4 members (excludes halogenated alkanes) is 10. The molecule has 0 spiro atoms. The molecule has 1 unspecified atom stereocenters. The fraction of sp³-hybridized carbons (Fsp3) is 0.655. The summed E-state index contributed by atoms with van der Waals surface area (Å²) in [6.07, 6.45) is 18.2. The average molecular weight is 459 g/mol. The van der Waals surface area contributed by atoms with E-state index in [0.717, 1.165) is 30.4 Å². The van der Waals surface area contributed by atoms with Crippen molar-refractivity contribution < 1.29 is 19.1 Å². The highest BCUT2D eigenvalue weighted by atomic mass is 16.5. The van der Waals surface area contributed by atoms with Gasteiger partial charge < -0.3 is 9.47 Å². The monoisotopic (exact) mass is 458 g/mol. The summed E-state index contributed by atoms with van der Waals surface area (Å²) in [6, 6.07) is 7.89. The van der Waals surface area contributed by atoms with Gasteiger partial charge in [-0.05, 0) is 43.9 Å². The Hall–Kier alpha value is -1.94. The number of ether oxygens (including phenoxy) is 2. The third-order valence-corrected chi connectivity index (χ3v) is 6.14. The molecular weight excluding hydrogens is 412 g/mol. The van der Waals surface area contributed by atoms with Gasteiger partial charge in [0.15, 0.2) is 5.78 Å². The van der Waals surface area contributed by atoms with Gasteiger partial charge in [0.05, 0.1) is 12.7 Å². The Morgan fingerprint density at radius 1 is 0.879 bits per heavy atom. The summed E-state index contributed by atoms with van der Waals surface area (Å²) < 4.78 is 10.8. The molecule has 186 valence electrons. The largest absolute Gasteiger partial charge is 0.462 e. The van der Waals surface area contributed by atoms with Crippen LogP contribution in [-0.4, -0.2) is 31.6 Å². The third-order valence-electron chi connectivity index (χ3n) is 6.14. The van der Waals surface area contributed by atoms with E-state index in [-0.39, 0.29) is 24.1 Å². The second-order valence-corrected chi connectivity index (χ2v) is 8.92. The van der Waals surface area contributed by atoms with Crippen molar-refractivity contribution in [3.63, 3.8) is 0 Å². The van der Waals surface area contributed by atoms with E-state index in [1.807, 2.05) is 24.3 Å². The van der Waals surface area contributed by atoms with Gasteiger partial charge in [-0.25, -0.2) is 4.79 Å². The van der Waals surface area contributed by atoms with Crippen molar-refractivity contribution >= 4 is 17.8 Å². The number of esters is 1. The Bertz CT molecular complexity index is 707. The molecule has 0 aliphatic rings. The van der Waals surface area contributed by atoms with Gasteiger partial charge in [-0.15, -0.1) is 0 Å². The molecule has 0 aliphatic heterocycles. The Kier molecular flexibility index (Phi) is 16.3. The van der Waals surface area contributed by atoms with Crippen molar-refractivity contribution in [3.05, 3.63) is 41.0 Å². The molecule has 1 rings (SSSR count). The maximum atomic E-state index is 12.2. The number of hydrogen-bond donors (Lipinski definition) is 0. The van der Waals surface area contributed by atoms with Crippen LogP contribution in [0.3, 0.4) is 0 Å². The van der Waals surface area contributed by atoms with E-state index in [2.05, 4.69) is 6.92 Å². The standard InChI is InChI=1S/C29H46O4/c1-5-7-8-9-10-11-12-13-14-15-16-21-27(32-4)22-25-19-17-18-20-26(25)23-28(24(3)30)29(31)33-6-2/h17-20,23,27H,5-16,21-22H2,1-4H3. The third kappa shape index (κ3) is 12.8.